The fraction of sp³-hybridized carbons (Fsp3) is 0.391. The fourth-order valence-electron chi connectivity index (χ4n) is 4.75. The highest BCUT2D eigenvalue weighted by atomic mass is 16.5. The summed E-state index contributed by atoms with van der Waals surface area (Å²) in [6, 6.07) is 9.29. The highest BCUT2D eigenvalue weighted by Crippen LogP contribution is 2.44. The monoisotopic (exact) mass is 415 g/mol. The number of hydrogen-bond acceptors (Lipinski definition) is 7. The lowest BCUT2D eigenvalue weighted by Crippen LogP contribution is -2.49. The molecule has 1 saturated heterocycles. The van der Waals surface area contributed by atoms with Crippen molar-refractivity contribution < 1.29 is 4.74 Å². The van der Waals surface area contributed by atoms with Crippen molar-refractivity contribution in [2.24, 2.45) is 7.05 Å². The second-order valence-corrected chi connectivity index (χ2v) is 8.53. The molecule has 3 aliphatic heterocycles. The molecular formula is C23H25N7O. The van der Waals surface area contributed by atoms with E-state index in [4.69, 9.17) is 15.6 Å². The van der Waals surface area contributed by atoms with Crippen molar-refractivity contribution in [3.05, 3.63) is 52.5 Å². The molecule has 1 fully saturated rings. The highest BCUT2D eigenvalue weighted by molar-refractivity contribution is 5.70. The zero-order valence-electron chi connectivity index (χ0n) is 18.1. The summed E-state index contributed by atoms with van der Waals surface area (Å²) < 4.78 is 7.85. The van der Waals surface area contributed by atoms with Gasteiger partial charge in [0.05, 0.1) is 29.2 Å². The van der Waals surface area contributed by atoms with Gasteiger partial charge in [0, 0.05) is 13.1 Å². The first-order valence-corrected chi connectivity index (χ1v) is 10.4. The zero-order chi connectivity index (χ0) is 21.9. The standard InChI is InChI=1S/C23H25N7O/c1-12-5-6-14-8-15-9-18(29(15)3)21-20(19(10-24)30(4)28-21)17-11-26-22(25)23(27-17)31-13(2)16(14)7-12/h5-7,11,13,15,18H,8-9H2,1-4H3,(H2,25,26)/t13-,15?,18?/m1/s1. The molecule has 4 bridgehead atoms. The van der Waals surface area contributed by atoms with Gasteiger partial charge in [0.1, 0.15) is 17.9 Å². The summed E-state index contributed by atoms with van der Waals surface area (Å²) in [7, 11) is 3.91. The first-order chi connectivity index (χ1) is 14.9. The summed E-state index contributed by atoms with van der Waals surface area (Å²) in [6.07, 6.45) is 3.24. The number of benzene rings is 1. The molecule has 31 heavy (non-hydrogen) atoms. The molecule has 2 aromatic heterocycles. The maximum Gasteiger partial charge on any atom is 0.258 e. The molecule has 2 unspecified atom stereocenters. The largest absolute Gasteiger partial charge is 0.467 e. The Morgan fingerprint density at radius 1 is 1.29 bits per heavy atom. The Morgan fingerprint density at radius 2 is 2.10 bits per heavy atom. The number of likely N-dealkylation sites (N-methyl/N-ethyl adjacent to an activating group) is 1. The van der Waals surface area contributed by atoms with E-state index >= 15 is 0 Å². The Hall–Kier alpha value is -3.44. The number of ether oxygens (including phenoxy) is 1. The second kappa shape index (κ2) is 7.06. The number of anilines is 1. The summed E-state index contributed by atoms with van der Waals surface area (Å²) in [5.41, 5.74) is 12.3. The molecule has 0 spiro atoms. The zero-order valence-corrected chi connectivity index (χ0v) is 18.1. The molecular weight excluding hydrogens is 390 g/mol. The van der Waals surface area contributed by atoms with Crippen LogP contribution in [0.5, 0.6) is 5.88 Å². The molecule has 0 radical (unpaired) electrons. The van der Waals surface area contributed by atoms with Crippen molar-refractivity contribution in [1.82, 2.24) is 24.6 Å². The predicted molar refractivity (Wildman–Crippen MR) is 116 cm³/mol. The summed E-state index contributed by atoms with van der Waals surface area (Å²) in [5, 5.41) is 14.5. The number of rotatable bonds is 0. The number of nitriles is 1. The molecule has 2 N–H and O–H groups in total. The van der Waals surface area contributed by atoms with Crippen LogP contribution in [0, 0.1) is 18.3 Å². The Labute approximate surface area is 181 Å². The van der Waals surface area contributed by atoms with Crippen LogP contribution in [0.2, 0.25) is 0 Å². The normalized spacial score (nSPS) is 22.5. The number of nitrogen functional groups attached to an aromatic ring is 1. The molecule has 5 heterocycles. The van der Waals surface area contributed by atoms with Crippen molar-refractivity contribution in [3.63, 3.8) is 0 Å². The molecule has 3 aliphatic rings. The van der Waals surface area contributed by atoms with Gasteiger partial charge in [0.15, 0.2) is 5.82 Å². The first-order valence-electron chi connectivity index (χ1n) is 10.4. The number of aryl methyl sites for hydroxylation is 2. The molecule has 1 aromatic carbocycles. The molecule has 8 heteroatoms. The van der Waals surface area contributed by atoms with Crippen LogP contribution in [0.3, 0.4) is 0 Å². The van der Waals surface area contributed by atoms with Gasteiger partial charge in [-0.1, -0.05) is 23.8 Å². The fourth-order valence-corrected chi connectivity index (χ4v) is 4.75. The molecule has 3 aromatic rings. The van der Waals surface area contributed by atoms with E-state index in [2.05, 4.69) is 53.1 Å². The lowest BCUT2D eigenvalue weighted by Gasteiger charge is -2.46. The Kier molecular flexibility index (Phi) is 4.45. The van der Waals surface area contributed by atoms with Crippen LogP contribution < -0.4 is 10.5 Å². The number of aromatic nitrogens is 4. The third-order valence-corrected chi connectivity index (χ3v) is 6.57. The average Bonchev–Trinajstić information content (AvgIpc) is 3.07. The van der Waals surface area contributed by atoms with Gasteiger partial charge in [-0.3, -0.25) is 9.58 Å². The SMILES string of the molecule is Cc1ccc2c(c1)[C@@H](C)Oc1nc(cnc1N)-c1c(nn(C)c1C#N)C1CC(C2)N1C. The van der Waals surface area contributed by atoms with Crippen LogP contribution in [-0.4, -0.2) is 37.7 Å². The van der Waals surface area contributed by atoms with Crippen LogP contribution in [0.15, 0.2) is 24.4 Å². The molecule has 0 amide bonds. The topological polar surface area (TPSA) is 106 Å². The molecule has 0 aliphatic carbocycles. The second-order valence-electron chi connectivity index (χ2n) is 8.53. The molecule has 6 rings (SSSR count). The number of fused-ring (bicyclic) bond motifs is 1. The van der Waals surface area contributed by atoms with E-state index in [9.17, 15) is 5.26 Å². The quantitative estimate of drug-likeness (QED) is 0.601. The van der Waals surface area contributed by atoms with Crippen LogP contribution >= 0.6 is 0 Å². The van der Waals surface area contributed by atoms with E-state index in [0.29, 0.717) is 23.0 Å². The van der Waals surface area contributed by atoms with Crippen LogP contribution in [0.1, 0.15) is 53.6 Å². The van der Waals surface area contributed by atoms with E-state index in [-0.39, 0.29) is 23.8 Å². The van der Waals surface area contributed by atoms with Crippen LogP contribution in [0.4, 0.5) is 5.82 Å². The lowest BCUT2D eigenvalue weighted by atomic mass is 9.83. The van der Waals surface area contributed by atoms with Crippen LogP contribution in [0.25, 0.3) is 11.3 Å². The van der Waals surface area contributed by atoms with Gasteiger partial charge in [-0.25, -0.2) is 9.97 Å². The van der Waals surface area contributed by atoms with Crippen molar-refractivity contribution in [2.45, 2.75) is 44.9 Å². The number of hydrogen-bond donors (Lipinski definition) is 1. The third kappa shape index (κ3) is 3.04. The summed E-state index contributed by atoms with van der Waals surface area (Å²) in [5.74, 6) is 0.501. The molecule has 8 nitrogen and oxygen atoms in total. The Morgan fingerprint density at radius 3 is 2.84 bits per heavy atom. The minimum absolute atomic E-state index is 0.115. The van der Waals surface area contributed by atoms with Gasteiger partial charge in [-0.05, 0) is 44.9 Å². The number of nitrogens with zero attached hydrogens (tertiary/aromatic N) is 6. The summed E-state index contributed by atoms with van der Waals surface area (Å²) in [4.78, 5) is 11.4. The summed E-state index contributed by atoms with van der Waals surface area (Å²) >= 11 is 0. The summed E-state index contributed by atoms with van der Waals surface area (Å²) in [6.45, 7) is 4.09. The van der Waals surface area contributed by atoms with Crippen molar-refractivity contribution in [3.8, 4) is 23.2 Å². The van der Waals surface area contributed by atoms with Crippen molar-refractivity contribution in [2.75, 3.05) is 12.8 Å². The molecule has 158 valence electrons. The number of nitrogens with two attached hydrogens (primary N) is 1. The van der Waals surface area contributed by atoms with Gasteiger partial charge < -0.3 is 10.5 Å². The van der Waals surface area contributed by atoms with Gasteiger partial charge in [0.2, 0.25) is 0 Å². The average molecular weight is 416 g/mol. The third-order valence-electron chi connectivity index (χ3n) is 6.57. The smallest absolute Gasteiger partial charge is 0.258 e. The van der Waals surface area contributed by atoms with E-state index in [1.54, 1.807) is 17.9 Å². The van der Waals surface area contributed by atoms with Crippen molar-refractivity contribution >= 4 is 5.82 Å². The maximum atomic E-state index is 9.81. The van der Waals surface area contributed by atoms with E-state index in [1.165, 1.54) is 11.1 Å². The van der Waals surface area contributed by atoms with E-state index < -0.39 is 0 Å². The van der Waals surface area contributed by atoms with Gasteiger partial charge in [-0.2, -0.15) is 10.4 Å². The molecule has 0 saturated carbocycles. The van der Waals surface area contributed by atoms with E-state index in [1.807, 2.05) is 6.92 Å². The van der Waals surface area contributed by atoms with E-state index in [0.717, 1.165) is 24.1 Å². The molecule has 3 atom stereocenters. The Bertz CT molecular complexity index is 1230. The minimum Gasteiger partial charge on any atom is -0.467 e. The van der Waals surface area contributed by atoms with Crippen molar-refractivity contribution in [1.29, 1.82) is 5.26 Å². The first kappa shape index (κ1) is 19.5. The Balaban J connectivity index is 1.72. The maximum absolute atomic E-state index is 9.81. The van der Waals surface area contributed by atoms with Gasteiger partial charge in [0.25, 0.3) is 5.88 Å². The van der Waals surface area contributed by atoms with Crippen LogP contribution in [-0.2, 0) is 13.5 Å². The van der Waals surface area contributed by atoms with Gasteiger partial charge >= 0.3 is 0 Å². The minimum atomic E-state index is -0.243. The van der Waals surface area contributed by atoms with Gasteiger partial charge in [-0.15, -0.1) is 0 Å². The highest BCUT2D eigenvalue weighted by Gasteiger charge is 2.41. The lowest BCUT2D eigenvalue weighted by molar-refractivity contribution is 0.0403. The predicted octanol–water partition coefficient (Wildman–Crippen LogP) is 3.08.